The second-order valence-electron chi connectivity index (χ2n) is 4.28. The average molecular weight is 342 g/mol. The van der Waals surface area contributed by atoms with Crippen molar-refractivity contribution in [2.45, 2.75) is 13.1 Å². The Labute approximate surface area is 122 Å². The van der Waals surface area contributed by atoms with E-state index < -0.39 is 17.1 Å². The lowest BCUT2D eigenvalue weighted by Crippen LogP contribution is -2.40. The Morgan fingerprint density at radius 1 is 1.25 bits per heavy atom. The molecule has 0 spiro atoms. The van der Waals surface area contributed by atoms with Crippen LogP contribution in [0.1, 0.15) is 5.56 Å². The van der Waals surface area contributed by atoms with E-state index >= 15 is 0 Å². The number of nitrogens with zero attached hydrogens (tertiary/aromatic N) is 2. The topological polar surface area (TPSA) is 70.0 Å². The van der Waals surface area contributed by atoms with Crippen LogP contribution in [0.25, 0.3) is 0 Å². The molecule has 0 aliphatic rings. The van der Waals surface area contributed by atoms with Crippen molar-refractivity contribution in [3.05, 3.63) is 67.2 Å². The third kappa shape index (κ3) is 3.23. The van der Waals surface area contributed by atoms with E-state index in [9.17, 15) is 14.0 Å². The molecule has 0 radical (unpaired) electrons. The van der Waals surface area contributed by atoms with Gasteiger partial charge in [-0.3, -0.25) is 13.9 Å². The molecule has 2 N–H and O–H groups in total. The number of halogens is 2. The standard InChI is InChI=1S/C13H13BrFN3O2/c14-10-5-9(6-11(15)7-10)8-17-3-1-12(19)18(4-2-16)13(17)20/h1,3,5-7H,2,4,8,16H2. The van der Waals surface area contributed by atoms with Crippen molar-refractivity contribution in [3.63, 3.8) is 0 Å². The minimum atomic E-state index is -0.455. The van der Waals surface area contributed by atoms with E-state index in [1.165, 1.54) is 29.0 Å². The highest BCUT2D eigenvalue weighted by atomic mass is 79.9. The van der Waals surface area contributed by atoms with Crippen molar-refractivity contribution >= 4 is 15.9 Å². The quantitative estimate of drug-likeness (QED) is 0.898. The number of aromatic nitrogens is 2. The lowest BCUT2D eigenvalue weighted by atomic mass is 10.2. The first-order chi connectivity index (χ1) is 9.51. The second-order valence-corrected chi connectivity index (χ2v) is 5.20. The second kappa shape index (κ2) is 6.15. The van der Waals surface area contributed by atoms with Gasteiger partial charge in [0.15, 0.2) is 0 Å². The zero-order valence-corrected chi connectivity index (χ0v) is 12.1. The molecule has 0 aliphatic carbocycles. The van der Waals surface area contributed by atoms with Gasteiger partial charge in [-0.15, -0.1) is 0 Å². The van der Waals surface area contributed by atoms with Gasteiger partial charge in [0.05, 0.1) is 6.54 Å². The number of benzene rings is 1. The number of nitrogens with two attached hydrogens (primary N) is 1. The van der Waals surface area contributed by atoms with Gasteiger partial charge in [-0.2, -0.15) is 0 Å². The van der Waals surface area contributed by atoms with Crippen LogP contribution in [-0.2, 0) is 13.1 Å². The van der Waals surface area contributed by atoms with Crippen LogP contribution < -0.4 is 17.0 Å². The highest BCUT2D eigenvalue weighted by molar-refractivity contribution is 9.10. The van der Waals surface area contributed by atoms with E-state index in [1.54, 1.807) is 6.07 Å². The molecule has 2 rings (SSSR count). The molecule has 1 aromatic heterocycles. The summed E-state index contributed by atoms with van der Waals surface area (Å²) in [7, 11) is 0. The Morgan fingerprint density at radius 2 is 2.00 bits per heavy atom. The molecule has 0 fully saturated rings. The fourth-order valence-corrected chi connectivity index (χ4v) is 2.42. The molecule has 0 saturated carbocycles. The summed E-state index contributed by atoms with van der Waals surface area (Å²) in [4.78, 5) is 23.7. The van der Waals surface area contributed by atoms with Gasteiger partial charge in [0, 0.05) is 29.8 Å². The summed E-state index contributed by atoms with van der Waals surface area (Å²) < 4.78 is 16.3. The predicted octanol–water partition coefficient (Wildman–Crippen LogP) is 0.919. The van der Waals surface area contributed by atoms with Crippen LogP contribution in [0.2, 0.25) is 0 Å². The Hall–Kier alpha value is -1.73. The van der Waals surface area contributed by atoms with Crippen LogP contribution in [0.4, 0.5) is 4.39 Å². The first kappa shape index (κ1) is 14.7. The normalized spacial score (nSPS) is 10.8. The van der Waals surface area contributed by atoms with Gasteiger partial charge >= 0.3 is 5.69 Å². The van der Waals surface area contributed by atoms with E-state index in [0.29, 0.717) is 10.0 Å². The minimum Gasteiger partial charge on any atom is -0.329 e. The van der Waals surface area contributed by atoms with Crippen LogP contribution in [0.3, 0.4) is 0 Å². The Bertz CT molecular complexity index is 719. The molecule has 0 atom stereocenters. The summed E-state index contributed by atoms with van der Waals surface area (Å²) in [5.74, 6) is -0.391. The molecule has 0 unspecified atom stereocenters. The summed E-state index contributed by atoms with van der Waals surface area (Å²) in [6.45, 7) is 0.538. The molecule has 106 valence electrons. The van der Waals surface area contributed by atoms with Gasteiger partial charge in [0.1, 0.15) is 5.82 Å². The lowest BCUT2D eigenvalue weighted by Gasteiger charge is -2.09. The van der Waals surface area contributed by atoms with Gasteiger partial charge in [-0.05, 0) is 23.8 Å². The first-order valence-corrected chi connectivity index (χ1v) is 6.76. The van der Waals surface area contributed by atoms with Gasteiger partial charge in [-0.25, -0.2) is 9.18 Å². The Balaban J connectivity index is 2.41. The van der Waals surface area contributed by atoms with E-state index in [1.807, 2.05) is 0 Å². The largest absolute Gasteiger partial charge is 0.331 e. The summed E-state index contributed by atoms with van der Waals surface area (Å²) >= 11 is 3.20. The number of rotatable bonds is 4. The van der Waals surface area contributed by atoms with Gasteiger partial charge in [-0.1, -0.05) is 15.9 Å². The Kier molecular flexibility index (Phi) is 4.51. The Morgan fingerprint density at radius 3 is 2.65 bits per heavy atom. The smallest absolute Gasteiger partial charge is 0.329 e. The van der Waals surface area contributed by atoms with Crippen LogP contribution in [0.15, 0.2) is 44.5 Å². The van der Waals surface area contributed by atoms with Crippen LogP contribution in [-0.4, -0.2) is 15.7 Å². The van der Waals surface area contributed by atoms with E-state index in [0.717, 1.165) is 4.57 Å². The summed E-state index contributed by atoms with van der Waals surface area (Å²) in [5, 5.41) is 0. The molecule has 0 aliphatic heterocycles. The maximum Gasteiger partial charge on any atom is 0.331 e. The number of hydrogen-bond donors (Lipinski definition) is 1. The molecule has 0 bridgehead atoms. The highest BCUT2D eigenvalue weighted by Gasteiger charge is 2.06. The minimum absolute atomic E-state index is 0.158. The zero-order valence-electron chi connectivity index (χ0n) is 10.6. The maximum absolute atomic E-state index is 13.3. The maximum atomic E-state index is 13.3. The van der Waals surface area contributed by atoms with Crippen LogP contribution in [0, 0.1) is 5.82 Å². The molecular formula is C13H13BrFN3O2. The monoisotopic (exact) mass is 341 g/mol. The van der Waals surface area contributed by atoms with E-state index in [-0.39, 0.29) is 19.6 Å². The zero-order chi connectivity index (χ0) is 14.7. The summed E-state index contributed by atoms with van der Waals surface area (Å²) in [6.07, 6.45) is 1.40. The lowest BCUT2D eigenvalue weighted by molar-refractivity contribution is 0.576. The van der Waals surface area contributed by atoms with Crippen molar-refractivity contribution in [1.29, 1.82) is 0 Å². The molecule has 0 amide bonds. The third-order valence-corrected chi connectivity index (χ3v) is 3.23. The number of hydrogen-bond acceptors (Lipinski definition) is 3. The highest BCUT2D eigenvalue weighted by Crippen LogP contribution is 2.15. The first-order valence-electron chi connectivity index (χ1n) is 5.96. The molecule has 20 heavy (non-hydrogen) atoms. The SMILES string of the molecule is NCCn1c(=O)ccn(Cc2cc(F)cc(Br)c2)c1=O. The van der Waals surface area contributed by atoms with Gasteiger partial charge in [0.25, 0.3) is 5.56 Å². The van der Waals surface area contributed by atoms with Gasteiger partial charge in [0.2, 0.25) is 0 Å². The molecule has 2 aromatic rings. The van der Waals surface area contributed by atoms with Crippen LogP contribution in [0.5, 0.6) is 0 Å². The predicted molar refractivity (Wildman–Crippen MR) is 77.2 cm³/mol. The van der Waals surface area contributed by atoms with Gasteiger partial charge < -0.3 is 5.73 Å². The molecule has 7 heteroatoms. The fraction of sp³-hybridized carbons (Fsp3) is 0.231. The van der Waals surface area contributed by atoms with Crippen molar-refractivity contribution in [2.75, 3.05) is 6.54 Å². The van der Waals surface area contributed by atoms with Crippen molar-refractivity contribution in [3.8, 4) is 0 Å². The average Bonchev–Trinajstić information content (AvgIpc) is 2.37. The molecule has 1 heterocycles. The van der Waals surface area contributed by atoms with E-state index in [2.05, 4.69) is 15.9 Å². The van der Waals surface area contributed by atoms with Crippen molar-refractivity contribution in [1.82, 2.24) is 9.13 Å². The van der Waals surface area contributed by atoms with Crippen LogP contribution >= 0.6 is 15.9 Å². The molecule has 5 nitrogen and oxygen atoms in total. The van der Waals surface area contributed by atoms with Crippen molar-refractivity contribution in [2.24, 2.45) is 5.73 Å². The molecule has 0 saturated heterocycles. The van der Waals surface area contributed by atoms with Crippen molar-refractivity contribution < 1.29 is 4.39 Å². The van der Waals surface area contributed by atoms with E-state index in [4.69, 9.17) is 5.73 Å². The molecule has 1 aromatic carbocycles. The third-order valence-electron chi connectivity index (χ3n) is 2.77. The summed E-state index contributed by atoms with van der Waals surface area (Å²) in [6, 6.07) is 5.69. The fourth-order valence-electron chi connectivity index (χ4n) is 1.91. The molecular weight excluding hydrogens is 329 g/mol. The summed E-state index contributed by atoms with van der Waals surface area (Å²) in [5.41, 5.74) is 5.15.